The summed E-state index contributed by atoms with van der Waals surface area (Å²) in [7, 11) is 0. The number of ether oxygens (including phenoxy) is 6. The number of ketones is 2. The zero-order chi connectivity index (χ0) is 60.0. The lowest BCUT2D eigenvalue weighted by Gasteiger charge is -2.33. The molecule has 4 unspecified atom stereocenters. The number of hydrogen-bond acceptors (Lipinski definition) is 19. The Morgan fingerprint density at radius 3 is 1.24 bits per heavy atom. The Morgan fingerprint density at radius 1 is 0.537 bits per heavy atom. The van der Waals surface area contributed by atoms with E-state index in [1.54, 1.807) is 78.2 Å². The van der Waals surface area contributed by atoms with Crippen molar-refractivity contribution in [2.24, 2.45) is 22.7 Å². The summed E-state index contributed by atoms with van der Waals surface area (Å²) in [6.45, 7) is 20.3. The number of rotatable bonds is 20. The maximum atomic E-state index is 14.5. The van der Waals surface area contributed by atoms with Gasteiger partial charge in [0.05, 0.1) is 37.0 Å². The third kappa shape index (κ3) is 18.9. The lowest BCUT2D eigenvalue weighted by Crippen LogP contribution is -2.52. The zero-order valence-corrected chi connectivity index (χ0v) is 49.6. The molecule has 4 aromatic rings. The molecule has 0 bridgehead atoms. The number of hydroxylamine groups is 4. The van der Waals surface area contributed by atoms with E-state index in [0.29, 0.717) is 60.3 Å². The van der Waals surface area contributed by atoms with Crippen LogP contribution in [0.3, 0.4) is 0 Å². The van der Waals surface area contributed by atoms with Crippen LogP contribution in [0.2, 0.25) is 0 Å². The van der Waals surface area contributed by atoms with Crippen LogP contribution < -0.4 is 9.47 Å². The monoisotopic (exact) mass is 1140 g/mol. The van der Waals surface area contributed by atoms with E-state index in [1.165, 1.54) is 41.5 Å². The number of aromatic nitrogens is 6. The second kappa shape index (κ2) is 28.1. The van der Waals surface area contributed by atoms with E-state index in [0.717, 1.165) is 38.5 Å². The Kier molecular flexibility index (Phi) is 21.9. The normalized spacial score (nSPS) is 16.7. The Balaban J connectivity index is 1.06. The van der Waals surface area contributed by atoms with E-state index in [1.807, 2.05) is 33.9 Å². The van der Waals surface area contributed by atoms with E-state index < -0.39 is 75.6 Å². The molecule has 0 N–H and O–H groups in total. The van der Waals surface area contributed by atoms with Gasteiger partial charge in [-0.3, -0.25) is 38.8 Å². The van der Waals surface area contributed by atoms with Gasteiger partial charge in [-0.2, -0.15) is 15.0 Å². The highest BCUT2D eigenvalue weighted by Crippen LogP contribution is 2.34. The first-order valence-corrected chi connectivity index (χ1v) is 28.2. The molecular weight excluding hydrogens is 1060 g/mol. The van der Waals surface area contributed by atoms with Crippen molar-refractivity contribution in [2.45, 2.75) is 184 Å². The van der Waals surface area contributed by atoms with Gasteiger partial charge in [-0.05, 0) is 153 Å². The number of Topliss-reactive ketones (excluding diaryl/α,β-unsaturated/α-hetero) is 2. The van der Waals surface area contributed by atoms with Crippen molar-refractivity contribution >= 4 is 41.7 Å². The maximum Gasteiger partial charge on any atom is 0.560 e. The average molecular weight is 1140 g/mol. The van der Waals surface area contributed by atoms with Crippen molar-refractivity contribution < 1.29 is 71.7 Å². The first-order chi connectivity index (χ1) is 38.6. The number of carbonyl (C=O) groups is 7. The molecule has 23 heteroatoms. The van der Waals surface area contributed by atoms with Gasteiger partial charge in [0.25, 0.3) is 11.8 Å². The molecule has 4 aromatic heterocycles. The topological polar surface area (TPSA) is 261 Å². The van der Waals surface area contributed by atoms with E-state index in [2.05, 4.69) is 20.2 Å². The van der Waals surface area contributed by atoms with Gasteiger partial charge in [0.2, 0.25) is 0 Å². The third-order valence-corrected chi connectivity index (χ3v) is 13.0. The van der Waals surface area contributed by atoms with Crippen LogP contribution in [0.5, 0.6) is 11.5 Å². The quantitative estimate of drug-likeness (QED) is 0.0452. The van der Waals surface area contributed by atoms with Crippen LogP contribution in [-0.2, 0) is 47.8 Å². The van der Waals surface area contributed by atoms with Crippen LogP contribution in [0.15, 0.2) is 61.2 Å². The highest BCUT2D eigenvalue weighted by molar-refractivity contribution is 6.07. The van der Waals surface area contributed by atoms with Gasteiger partial charge in [-0.1, -0.05) is 51.7 Å². The highest BCUT2D eigenvalue weighted by atomic mass is 16.9. The summed E-state index contributed by atoms with van der Waals surface area (Å²) in [6, 6.07) is 10.9. The van der Waals surface area contributed by atoms with Crippen molar-refractivity contribution in [3.8, 4) is 34.3 Å². The van der Waals surface area contributed by atoms with Crippen molar-refractivity contribution in [3.63, 3.8) is 0 Å². The molecule has 0 radical (unpaired) electrons. The zero-order valence-electron chi connectivity index (χ0n) is 49.6. The Hall–Kier alpha value is -7.27. The fourth-order valence-corrected chi connectivity index (χ4v) is 9.17. The summed E-state index contributed by atoms with van der Waals surface area (Å²) in [5.41, 5.74) is -2.12. The van der Waals surface area contributed by atoms with Crippen LogP contribution in [0.25, 0.3) is 22.8 Å². The fraction of sp³-hybridized carbons (Fsp3) is 0.610. The molecule has 23 nitrogen and oxygen atoms in total. The molecule has 0 spiro atoms. The number of carbonyl (C=O) groups excluding carboxylic acids is 7. The van der Waals surface area contributed by atoms with Crippen molar-refractivity contribution in [3.05, 3.63) is 61.2 Å². The smallest absolute Gasteiger partial charge is 0.492 e. The highest BCUT2D eigenvalue weighted by Gasteiger charge is 2.48. The summed E-state index contributed by atoms with van der Waals surface area (Å²) in [5, 5.41) is 9.15. The van der Waals surface area contributed by atoms with Gasteiger partial charge < -0.3 is 28.4 Å². The Labute approximate surface area is 479 Å². The van der Waals surface area contributed by atoms with Gasteiger partial charge in [0.15, 0.2) is 0 Å². The van der Waals surface area contributed by atoms with Crippen molar-refractivity contribution in [1.82, 2.24) is 39.7 Å². The first-order valence-electron chi connectivity index (χ1n) is 28.2. The lowest BCUT2D eigenvalue weighted by molar-refractivity contribution is -0.197. The summed E-state index contributed by atoms with van der Waals surface area (Å²) < 4.78 is 38.0. The van der Waals surface area contributed by atoms with Crippen LogP contribution in [0, 0.1) is 22.7 Å². The maximum absolute atomic E-state index is 14.5. The molecule has 2 aliphatic rings. The van der Waals surface area contributed by atoms with Gasteiger partial charge >= 0.3 is 18.3 Å². The molecule has 6 rings (SSSR count). The van der Waals surface area contributed by atoms with Crippen molar-refractivity contribution in [1.29, 1.82) is 0 Å². The Bertz CT molecular complexity index is 2600. The number of unbranched alkanes of at least 4 members (excludes halogenated alkanes) is 2. The third-order valence-electron chi connectivity index (χ3n) is 13.0. The van der Waals surface area contributed by atoms with E-state index >= 15 is 0 Å². The molecular formula is C59H82N8O15. The number of pyridine rings is 2. The summed E-state index contributed by atoms with van der Waals surface area (Å²) in [5.74, 6) is -5.93. The lowest BCUT2D eigenvalue weighted by atomic mass is 9.76. The molecule has 2 fully saturated rings. The van der Waals surface area contributed by atoms with Crippen LogP contribution in [0.1, 0.15) is 173 Å². The fourth-order valence-electron chi connectivity index (χ4n) is 9.17. The van der Waals surface area contributed by atoms with Gasteiger partial charge in [0.1, 0.15) is 69.9 Å². The predicted molar refractivity (Wildman–Crippen MR) is 297 cm³/mol. The molecule has 82 heavy (non-hydrogen) atoms. The van der Waals surface area contributed by atoms with E-state index in [-0.39, 0.29) is 61.5 Å². The molecule has 2 saturated heterocycles. The summed E-state index contributed by atoms with van der Waals surface area (Å²) >= 11 is 0. The van der Waals surface area contributed by atoms with Crippen LogP contribution >= 0.6 is 0 Å². The predicted octanol–water partition coefficient (Wildman–Crippen LogP) is 11.4. The van der Waals surface area contributed by atoms with E-state index in [9.17, 15) is 33.6 Å². The van der Waals surface area contributed by atoms with Gasteiger partial charge in [-0.15, -0.1) is 0 Å². The first kappa shape index (κ1) is 63.9. The molecule has 2 aliphatic heterocycles. The van der Waals surface area contributed by atoms with E-state index in [4.69, 9.17) is 38.1 Å². The molecule has 6 heterocycles. The average Bonchev–Trinajstić information content (AvgIpc) is 4.24. The number of imide groups is 2. The minimum absolute atomic E-state index is 0.0608. The van der Waals surface area contributed by atoms with Crippen molar-refractivity contribution in [2.75, 3.05) is 26.4 Å². The summed E-state index contributed by atoms with van der Waals surface area (Å²) in [6.07, 6.45) is 8.84. The second-order valence-electron chi connectivity index (χ2n) is 24.6. The minimum Gasteiger partial charge on any atom is -0.492 e. The molecule has 4 atom stereocenters. The van der Waals surface area contributed by atoms with Gasteiger partial charge in [0, 0.05) is 38.4 Å². The molecule has 0 saturated carbocycles. The van der Waals surface area contributed by atoms with Crippen LogP contribution in [-0.4, -0.2) is 119 Å². The van der Waals surface area contributed by atoms with Crippen LogP contribution in [0.4, 0.5) is 14.4 Å². The second-order valence-corrected chi connectivity index (χ2v) is 24.6. The number of amides is 4. The summed E-state index contributed by atoms with van der Waals surface area (Å²) in [4.78, 5) is 118. The molecule has 4 amide bonds. The standard InChI is InChI=1S/C59H82N8O15/c1-56(2,3)49(45(68)21-13-17-33-75-39-25-27-41(60-37-39)43-29-31-64(62-43)47-23-15-19-35-77-47)51(70)66(53(72)79-58(7,8)9)81-55(74)82-67(54(73)80-59(10,11)12)52(71)50(57(4,5)6)46(69)22-14-18-34-76-40-26-28-42(61-38-40)44-30-32-65(63-44)48-24-16-20-36-78-48/h25-32,37-38,47-50H,13-24,33-36H2,1-12H3. The van der Waals surface area contributed by atoms with Gasteiger partial charge in [-0.25, -0.2) is 19.0 Å². The molecule has 0 aliphatic carbocycles. The molecule has 448 valence electrons. The molecule has 0 aromatic carbocycles. The number of nitrogens with zero attached hydrogens (tertiary/aromatic N) is 8. The minimum atomic E-state index is -1.94. The number of hydrogen-bond donors (Lipinski definition) is 0. The largest absolute Gasteiger partial charge is 0.560 e. The Morgan fingerprint density at radius 2 is 0.927 bits per heavy atom. The SMILES string of the molecule is CC(C)(C)OC(=O)N(OC(=O)ON(C(=O)OC(C)(C)C)C(=O)C(C(=O)CCCCOc1ccc(-c2ccn(C3CCCCO3)n2)nc1)C(C)(C)C)C(=O)C(C(=O)CCCCOc1ccc(-c2ccn(C3CCCCO3)n2)nc1)C(C)(C)C.